The lowest BCUT2D eigenvalue weighted by Gasteiger charge is -2.43. The van der Waals surface area contributed by atoms with E-state index in [1.165, 1.54) is 38.5 Å². The Morgan fingerprint density at radius 3 is 2.62 bits per heavy atom. The summed E-state index contributed by atoms with van der Waals surface area (Å²) in [5.41, 5.74) is 0. The minimum atomic E-state index is 0.449. The third kappa shape index (κ3) is 1.50. The first-order valence-electron chi connectivity index (χ1n) is 5.46. The molecule has 0 radical (unpaired) electrons. The van der Waals surface area contributed by atoms with Crippen LogP contribution >= 0.6 is 0 Å². The Morgan fingerprint density at radius 2 is 1.85 bits per heavy atom. The molecule has 0 aromatic carbocycles. The molecule has 0 N–H and O–H groups in total. The molecule has 3 atom stereocenters. The Labute approximate surface area is 79.6 Å². The molecule has 0 spiro atoms. The van der Waals surface area contributed by atoms with Gasteiger partial charge in [-0.3, -0.25) is 0 Å². The van der Waals surface area contributed by atoms with Crippen molar-refractivity contribution >= 4 is 0 Å². The average molecular weight is 183 g/mol. The smallest absolute Gasteiger partial charge is 0.153 e. The molecule has 0 amide bonds. The van der Waals surface area contributed by atoms with Crippen molar-refractivity contribution in [1.29, 1.82) is 0 Å². The minimum Gasteiger partial charge on any atom is -0.160 e. The summed E-state index contributed by atoms with van der Waals surface area (Å²) in [4.78, 5) is 10.9. The van der Waals surface area contributed by atoms with E-state index in [0.717, 1.165) is 12.5 Å². The van der Waals surface area contributed by atoms with Gasteiger partial charge in [0.1, 0.15) is 12.6 Å². The first kappa shape index (κ1) is 9.13. The number of quaternary nitrogens is 1. The molecule has 3 unspecified atom stereocenters. The molecule has 2 aliphatic rings. The van der Waals surface area contributed by atoms with E-state index in [-0.39, 0.29) is 0 Å². The lowest BCUT2D eigenvalue weighted by Crippen LogP contribution is -2.55. The van der Waals surface area contributed by atoms with E-state index < -0.39 is 0 Å². The quantitative estimate of drug-likeness (QED) is 0.453. The van der Waals surface area contributed by atoms with Crippen molar-refractivity contribution in [3.8, 4) is 0 Å². The first-order chi connectivity index (χ1) is 6.26. The predicted octanol–water partition coefficient (Wildman–Crippen LogP) is 2.47. The van der Waals surface area contributed by atoms with Gasteiger partial charge < -0.3 is 0 Å². The Balaban J connectivity index is 2.15. The summed E-state index contributed by atoms with van der Waals surface area (Å²) < 4.78 is 0.449. The number of hydrogen-bond donors (Lipinski definition) is 0. The van der Waals surface area contributed by atoms with Crippen LogP contribution in [0.4, 0.5) is 0 Å². The molecule has 0 aromatic rings. The molecule has 3 heteroatoms. The molecule has 1 heterocycles. The van der Waals surface area contributed by atoms with Crippen LogP contribution in [0.5, 0.6) is 0 Å². The first-order valence-corrected chi connectivity index (χ1v) is 5.46. The maximum atomic E-state index is 10.9. The van der Waals surface area contributed by atoms with Gasteiger partial charge in [-0.2, -0.15) is 4.59 Å². The lowest BCUT2D eigenvalue weighted by atomic mass is 9.78. The molecular weight excluding hydrogens is 164 g/mol. The number of nitroso groups, excluding NO2 is 1. The summed E-state index contributed by atoms with van der Waals surface area (Å²) >= 11 is 0. The van der Waals surface area contributed by atoms with E-state index in [1.807, 2.05) is 7.05 Å². The summed E-state index contributed by atoms with van der Waals surface area (Å²) in [5, 5.41) is 3.35. The van der Waals surface area contributed by atoms with Crippen LogP contribution < -0.4 is 0 Å². The van der Waals surface area contributed by atoms with Crippen LogP contribution in [0.2, 0.25) is 0 Å². The number of fused-ring (bicyclic) bond motifs is 1. The average Bonchev–Trinajstić information content (AvgIpc) is 2.19. The van der Waals surface area contributed by atoms with Crippen LogP contribution in [-0.4, -0.2) is 24.2 Å². The van der Waals surface area contributed by atoms with Crippen molar-refractivity contribution in [1.82, 2.24) is 0 Å². The zero-order valence-electron chi connectivity index (χ0n) is 8.41. The SMILES string of the molecule is C[N+]1(N=O)CCCC2CCCCC21. The third-order valence-electron chi connectivity index (χ3n) is 3.96. The summed E-state index contributed by atoms with van der Waals surface area (Å²) in [6.07, 6.45) is 7.71. The fourth-order valence-corrected chi connectivity index (χ4v) is 3.20. The molecule has 3 nitrogen and oxygen atoms in total. The van der Waals surface area contributed by atoms with E-state index in [4.69, 9.17) is 0 Å². The van der Waals surface area contributed by atoms with E-state index in [1.54, 1.807) is 0 Å². The zero-order chi connectivity index (χ0) is 9.31. The number of nitrogens with zero attached hydrogens (tertiary/aromatic N) is 2. The van der Waals surface area contributed by atoms with Gasteiger partial charge in [-0.1, -0.05) is 11.3 Å². The van der Waals surface area contributed by atoms with Gasteiger partial charge in [0, 0.05) is 12.3 Å². The second-order valence-corrected chi connectivity index (χ2v) is 4.77. The molecule has 1 saturated heterocycles. The minimum absolute atomic E-state index is 0.449. The van der Waals surface area contributed by atoms with Crippen LogP contribution in [0.1, 0.15) is 38.5 Å². The van der Waals surface area contributed by atoms with Crippen molar-refractivity contribution < 1.29 is 4.59 Å². The Hall–Kier alpha value is -0.440. The third-order valence-corrected chi connectivity index (χ3v) is 3.96. The fraction of sp³-hybridized carbons (Fsp3) is 1.00. The van der Waals surface area contributed by atoms with Crippen molar-refractivity contribution in [3.05, 3.63) is 4.91 Å². The van der Waals surface area contributed by atoms with Gasteiger partial charge in [0.2, 0.25) is 0 Å². The summed E-state index contributed by atoms with van der Waals surface area (Å²) in [6.45, 7) is 0.963. The van der Waals surface area contributed by atoms with Crippen molar-refractivity contribution in [2.45, 2.75) is 44.6 Å². The lowest BCUT2D eigenvalue weighted by molar-refractivity contribution is -0.951. The number of piperidine rings is 1. The van der Waals surface area contributed by atoms with Gasteiger partial charge >= 0.3 is 0 Å². The van der Waals surface area contributed by atoms with Crippen LogP contribution in [0.3, 0.4) is 0 Å². The molecule has 74 valence electrons. The van der Waals surface area contributed by atoms with Gasteiger partial charge in [0.05, 0.1) is 7.05 Å². The highest BCUT2D eigenvalue weighted by molar-refractivity contribution is 4.79. The van der Waals surface area contributed by atoms with Crippen molar-refractivity contribution in [2.75, 3.05) is 13.6 Å². The maximum Gasteiger partial charge on any atom is 0.153 e. The molecule has 1 aliphatic heterocycles. The van der Waals surface area contributed by atoms with E-state index in [2.05, 4.69) is 5.29 Å². The van der Waals surface area contributed by atoms with E-state index in [9.17, 15) is 4.91 Å². The number of rotatable bonds is 1. The molecule has 1 aliphatic carbocycles. The van der Waals surface area contributed by atoms with Gasteiger partial charge in [-0.05, 0) is 25.7 Å². The van der Waals surface area contributed by atoms with Crippen molar-refractivity contribution in [2.24, 2.45) is 11.2 Å². The summed E-state index contributed by atoms with van der Waals surface area (Å²) in [7, 11) is 2.01. The fourth-order valence-electron chi connectivity index (χ4n) is 3.20. The highest BCUT2D eigenvalue weighted by atomic mass is 16.3. The van der Waals surface area contributed by atoms with Crippen LogP contribution in [-0.2, 0) is 0 Å². The van der Waals surface area contributed by atoms with Crippen LogP contribution in [0, 0.1) is 10.8 Å². The second-order valence-electron chi connectivity index (χ2n) is 4.77. The van der Waals surface area contributed by atoms with Gasteiger partial charge in [0.25, 0.3) is 0 Å². The molecule has 1 saturated carbocycles. The van der Waals surface area contributed by atoms with Crippen LogP contribution in [0.15, 0.2) is 5.29 Å². The molecule has 13 heavy (non-hydrogen) atoms. The molecule has 0 bridgehead atoms. The maximum absolute atomic E-state index is 10.9. The molecular formula is C10H19N2O+. The zero-order valence-corrected chi connectivity index (χ0v) is 8.41. The Kier molecular flexibility index (Phi) is 2.37. The molecule has 2 rings (SSSR count). The van der Waals surface area contributed by atoms with Gasteiger partial charge in [-0.15, -0.1) is 0 Å². The highest BCUT2D eigenvalue weighted by Crippen LogP contribution is 2.38. The second kappa shape index (κ2) is 3.37. The largest absolute Gasteiger partial charge is 0.160 e. The van der Waals surface area contributed by atoms with Crippen LogP contribution in [0.25, 0.3) is 0 Å². The molecule has 0 aromatic heterocycles. The number of hydrogen-bond acceptors (Lipinski definition) is 2. The van der Waals surface area contributed by atoms with Gasteiger partial charge in [0.15, 0.2) is 5.29 Å². The normalized spacial score (nSPS) is 45.3. The topological polar surface area (TPSA) is 29.4 Å². The monoisotopic (exact) mass is 183 g/mol. The Morgan fingerprint density at radius 1 is 1.15 bits per heavy atom. The van der Waals surface area contributed by atoms with E-state index >= 15 is 0 Å². The van der Waals surface area contributed by atoms with Crippen molar-refractivity contribution in [3.63, 3.8) is 0 Å². The highest BCUT2D eigenvalue weighted by Gasteiger charge is 2.44. The van der Waals surface area contributed by atoms with E-state index in [0.29, 0.717) is 10.6 Å². The summed E-state index contributed by atoms with van der Waals surface area (Å²) in [5.74, 6) is 0.783. The standard InChI is InChI=1S/C10H19N2O/c1-12(11-13)8-4-6-9-5-2-3-7-10(9)12/h9-10H,2-8H2,1H3/q+1. The predicted molar refractivity (Wildman–Crippen MR) is 51.8 cm³/mol. The number of likely N-dealkylation sites (tertiary alicyclic amines) is 1. The Bertz CT molecular complexity index is 205. The van der Waals surface area contributed by atoms with Gasteiger partial charge in [-0.25, -0.2) is 0 Å². The summed E-state index contributed by atoms with van der Waals surface area (Å²) in [6, 6.07) is 0.542. The molecule has 2 fully saturated rings.